The molecule has 0 fully saturated rings. The second kappa shape index (κ2) is 10.8. The zero-order valence-corrected chi connectivity index (χ0v) is 21.6. The summed E-state index contributed by atoms with van der Waals surface area (Å²) in [5.74, 6) is 1.75. The van der Waals surface area contributed by atoms with E-state index in [0.29, 0.717) is 24.0 Å². The number of anilines is 5. The van der Waals surface area contributed by atoms with Crippen LogP contribution in [0.3, 0.4) is 0 Å². The van der Waals surface area contributed by atoms with E-state index in [2.05, 4.69) is 29.0 Å². The van der Waals surface area contributed by atoms with Crippen LogP contribution in [0.2, 0.25) is 0 Å². The molecular formula is C28H34N6O2. The van der Waals surface area contributed by atoms with Gasteiger partial charge >= 0.3 is 0 Å². The molecule has 0 spiro atoms. The van der Waals surface area contributed by atoms with Gasteiger partial charge in [0.15, 0.2) is 5.82 Å². The van der Waals surface area contributed by atoms with Crippen LogP contribution in [-0.2, 0) is 16.0 Å². The number of aromatic nitrogens is 2. The first-order valence-corrected chi connectivity index (χ1v) is 12.3. The van der Waals surface area contributed by atoms with Gasteiger partial charge in [-0.1, -0.05) is 44.2 Å². The van der Waals surface area contributed by atoms with E-state index >= 15 is 0 Å². The molecule has 1 unspecified atom stereocenters. The van der Waals surface area contributed by atoms with Gasteiger partial charge in [-0.25, -0.2) is 4.98 Å². The molecule has 8 nitrogen and oxygen atoms in total. The maximum absolute atomic E-state index is 13.5. The average Bonchev–Trinajstić information content (AvgIpc) is 2.86. The lowest BCUT2D eigenvalue weighted by Gasteiger charge is -2.40. The first-order valence-electron chi connectivity index (χ1n) is 12.3. The Balaban J connectivity index is 1.64. The second-order valence-corrected chi connectivity index (χ2v) is 9.75. The number of nitrogens with one attached hydrogen (secondary N) is 1. The predicted molar refractivity (Wildman–Crippen MR) is 144 cm³/mol. The van der Waals surface area contributed by atoms with Crippen molar-refractivity contribution in [1.82, 2.24) is 14.9 Å². The van der Waals surface area contributed by atoms with Crippen LogP contribution in [0.4, 0.5) is 28.8 Å². The van der Waals surface area contributed by atoms with E-state index in [1.165, 1.54) is 0 Å². The van der Waals surface area contributed by atoms with Crippen molar-refractivity contribution in [3.8, 4) is 0 Å². The summed E-state index contributed by atoms with van der Waals surface area (Å²) >= 11 is 0. The molecule has 36 heavy (non-hydrogen) atoms. The molecule has 1 aliphatic rings. The van der Waals surface area contributed by atoms with Crippen molar-refractivity contribution in [2.45, 2.75) is 39.7 Å². The summed E-state index contributed by atoms with van der Waals surface area (Å²) in [5, 5.41) is 3.28. The molecule has 0 saturated heterocycles. The second-order valence-electron chi connectivity index (χ2n) is 9.75. The number of rotatable bonds is 8. The normalized spacial score (nSPS) is 15.2. The summed E-state index contributed by atoms with van der Waals surface area (Å²) in [7, 11) is 3.51. The molecule has 2 amide bonds. The minimum absolute atomic E-state index is 0.00428. The molecule has 188 valence electrons. The van der Waals surface area contributed by atoms with Crippen LogP contribution >= 0.6 is 0 Å². The molecule has 3 aromatic rings. The Morgan fingerprint density at radius 3 is 2.42 bits per heavy atom. The van der Waals surface area contributed by atoms with Gasteiger partial charge in [0.1, 0.15) is 11.7 Å². The van der Waals surface area contributed by atoms with Crippen molar-refractivity contribution in [2.75, 3.05) is 35.8 Å². The van der Waals surface area contributed by atoms with Gasteiger partial charge in [0.25, 0.3) is 5.91 Å². The molecule has 0 saturated carbocycles. The molecule has 1 aliphatic heterocycles. The van der Waals surface area contributed by atoms with Crippen molar-refractivity contribution in [3.63, 3.8) is 0 Å². The first-order chi connectivity index (χ1) is 17.2. The predicted octanol–water partition coefficient (Wildman–Crippen LogP) is 4.77. The molecule has 2 heterocycles. The van der Waals surface area contributed by atoms with Gasteiger partial charge in [0.2, 0.25) is 11.9 Å². The molecule has 4 rings (SSSR count). The number of para-hydroxylation sites is 1. The van der Waals surface area contributed by atoms with E-state index in [-0.39, 0.29) is 17.9 Å². The maximum atomic E-state index is 13.5. The lowest BCUT2D eigenvalue weighted by Crippen LogP contribution is -2.51. The summed E-state index contributed by atoms with van der Waals surface area (Å²) < 4.78 is 0. The van der Waals surface area contributed by atoms with Crippen LogP contribution in [-0.4, -0.2) is 53.4 Å². The van der Waals surface area contributed by atoms with E-state index in [1.54, 1.807) is 30.1 Å². The fraction of sp³-hybridized carbons (Fsp3) is 0.357. The Bertz CT molecular complexity index is 1210. The largest absolute Gasteiger partial charge is 0.349 e. The number of hydrogen-bond donors (Lipinski definition) is 1. The molecule has 1 N–H and O–H groups in total. The SMILES string of the molecule is CC(C)CCN1c2nc(Nc3ccc(CC(=O)N(C)C)cc3)ncc2N(c2ccccc2)C(=O)C1C. The monoisotopic (exact) mass is 486 g/mol. The standard InChI is InChI=1S/C28H34N6O2/c1-19(2)15-16-33-20(3)27(36)34(23-9-7-6-8-10-23)24-18-29-28(31-26(24)33)30-22-13-11-21(12-14-22)17-25(35)32(4)5/h6-14,18-20H,15-17H2,1-5H3,(H,29,30,31). The van der Waals surface area contributed by atoms with E-state index < -0.39 is 0 Å². The van der Waals surface area contributed by atoms with Gasteiger partial charge in [-0.05, 0) is 49.1 Å². The third-order valence-electron chi connectivity index (χ3n) is 6.33. The summed E-state index contributed by atoms with van der Waals surface area (Å²) in [6.07, 6.45) is 3.02. The third kappa shape index (κ3) is 5.48. The molecule has 0 aliphatic carbocycles. The molecule has 1 aromatic heterocycles. The maximum Gasteiger partial charge on any atom is 0.254 e. The number of fused-ring (bicyclic) bond motifs is 1. The number of carbonyl (C=O) groups is 2. The summed E-state index contributed by atoms with van der Waals surface area (Å²) in [6, 6.07) is 17.0. The third-order valence-corrected chi connectivity index (χ3v) is 6.33. The van der Waals surface area contributed by atoms with Crippen LogP contribution in [0.15, 0.2) is 60.8 Å². The van der Waals surface area contributed by atoms with E-state index in [9.17, 15) is 9.59 Å². The molecule has 0 radical (unpaired) electrons. The van der Waals surface area contributed by atoms with Crippen molar-refractivity contribution >= 4 is 40.6 Å². The van der Waals surface area contributed by atoms with Gasteiger partial charge in [0.05, 0.1) is 12.6 Å². The number of nitrogens with zero attached hydrogens (tertiary/aromatic N) is 5. The van der Waals surface area contributed by atoms with E-state index in [1.807, 2.05) is 61.5 Å². The quantitative estimate of drug-likeness (QED) is 0.494. The summed E-state index contributed by atoms with van der Waals surface area (Å²) in [4.78, 5) is 40.2. The van der Waals surface area contributed by atoms with Crippen molar-refractivity contribution in [1.29, 1.82) is 0 Å². The number of hydrogen-bond acceptors (Lipinski definition) is 6. The minimum atomic E-state index is -0.354. The van der Waals surface area contributed by atoms with Gasteiger partial charge < -0.3 is 15.1 Å². The molecule has 1 atom stereocenters. The Kier molecular flexibility index (Phi) is 7.52. The van der Waals surface area contributed by atoms with Crippen molar-refractivity contribution in [3.05, 3.63) is 66.4 Å². The molecule has 8 heteroatoms. The van der Waals surface area contributed by atoms with Crippen LogP contribution in [0, 0.1) is 5.92 Å². The van der Waals surface area contributed by atoms with Crippen LogP contribution in [0.25, 0.3) is 0 Å². The highest BCUT2D eigenvalue weighted by Crippen LogP contribution is 2.39. The van der Waals surface area contributed by atoms with E-state index in [0.717, 1.165) is 35.7 Å². The van der Waals surface area contributed by atoms with Crippen molar-refractivity contribution in [2.24, 2.45) is 5.92 Å². The lowest BCUT2D eigenvalue weighted by molar-refractivity contribution is -0.128. The van der Waals surface area contributed by atoms with Gasteiger partial charge in [0, 0.05) is 32.0 Å². The van der Waals surface area contributed by atoms with Crippen LogP contribution in [0.1, 0.15) is 32.8 Å². The molecule has 0 bridgehead atoms. The Morgan fingerprint density at radius 2 is 1.78 bits per heavy atom. The fourth-order valence-corrected chi connectivity index (χ4v) is 4.13. The number of carbonyl (C=O) groups excluding carboxylic acids is 2. The highest BCUT2D eigenvalue weighted by molar-refractivity contribution is 6.09. The highest BCUT2D eigenvalue weighted by atomic mass is 16.2. The summed E-state index contributed by atoms with van der Waals surface area (Å²) in [5.41, 5.74) is 3.24. The number of amides is 2. The van der Waals surface area contributed by atoms with Gasteiger partial charge in [-0.15, -0.1) is 0 Å². The lowest BCUT2D eigenvalue weighted by atomic mass is 10.1. The minimum Gasteiger partial charge on any atom is -0.349 e. The fourth-order valence-electron chi connectivity index (χ4n) is 4.13. The van der Waals surface area contributed by atoms with Gasteiger partial charge in [-0.2, -0.15) is 4.98 Å². The smallest absolute Gasteiger partial charge is 0.254 e. The average molecular weight is 487 g/mol. The Hall–Kier alpha value is -3.94. The Labute approximate surface area is 213 Å². The molecular weight excluding hydrogens is 452 g/mol. The first kappa shape index (κ1) is 25.2. The zero-order chi connectivity index (χ0) is 25.8. The number of likely N-dealkylation sites (N-methyl/N-ethyl adjacent to an activating group) is 1. The number of benzene rings is 2. The van der Waals surface area contributed by atoms with Crippen LogP contribution in [0.5, 0.6) is 0 Å². The van der Waals surface area contributed by atoms with Crippen molar-refractivity contribution < 1.29 is 9.59 Å². The molecule has 2 aromatic carbocycles. The zero-order valence-electron chi connectivity index (χ0n) is 21.6. The van der Waals surface area contributed by atoms with E-state index in [4.69, 9.17) is 4.98 Å². The summed E-state index contributed by atoms with van der Waals surface area (Å²) in [6.45, 7) is 7.02. The highest BCUT2D eigenvalue weighted by Gasteiger charge is 2.37. The topological polar surface area (TPSA) is 81.7 Å². The Morgan fingerprint density at radius 1 is 1.08 bits per heavy atom. The van der Waals surface area contributed by atoms with Crippen LogP contribution < -0.4 is 15.1 Å². The van der Waals surface area contributed by atoms with Gasteiger partial charge in [-0.3, -0.25) is 14.5 Å².